The molecule has 0 radical (unpaired) electrons. The van der Waals surface area contributed by atoms with Crippen LogP contribution in [0.15, 0.2) is 24.3 Å². The van der Waals surface area contributed by atoms with Gasteiger partial charge in [-0.3, -0.25) is 4.79 Å². The van der Waals surface area contributed by atoms with Gasteiger partial charge in [-0.25, -0.2) is 0 Å². The van der Waals surface area contributed by atoms with E-state index in [1.165, 1.54) is 22.2 Å². The zero-order valence-corrected chi connectivity index (χ0v) is 12.9. The van der Waals surface area contributed by atoms with E-state index in [0.717, 1.165) is 19.3 Å². The topological polar surface area (TPSA) is 36.1 Å². The van der Waals surface area contributed by atoms with E-state index in [0.29, 0.717) is 5.91 Å². The van der Waals surface area contributed by atoms with Gasteiger partial charge < -0.3 is 9.88 Å². The zero-order valence-electron chi connectivity index (χ0n) is 12.9. The summed E-state index contributed by atoms with van der Waals surface area (Å²) in [6, 6.07) is 8.88. The molecule has 1 aromatic heterocycles. The van der Waals surface area contributed by atoms with Crippen molar-refractivity contribution >= 4 is 16.8 Å². The van der Waals surface area contributed by atoms with Crippen molar-refractivity contribution in [2.75, 3.05) is 0 Å². The molecule has 1 saturated carbocycles. The standard InChI is InChI=1S/C18H22N2O/c1-11-10-14-13-6-4-5-7-15(13)19-16(14)12(2)20(11)17(21)18(3)8-9-18/h4-7,11-12,19H,8-10H2,1-3H3/t11-,12-/m1/s1. The molecule has 1 N–H and O–H groups in total. The highest BCUT2D eigenvalue weighted by atomic mass is 16.2. The van der Waals surface area contributed by atoms with E-state index in [9.17, 15) is 4.79 Å². The molecule has 0 bridgehead atoms. The number of amides is 1. The SMILES string of the molecule is C[C@@H]1Cc2c([nH]c3ccccc23)[C@@H](C)N1C(=O)C1(C)CC1. The van der Waals surface area contributed by atoms with Crippen LogP contribution in [0.25, 0.3) is 10.9 Å². The Hall–Kier alpha value is -1.77. The number of carbonyl (C=O) groups excluding carboxylic acids is 1. The molecule has 2 aliphatic rings. The lowest BCUT2D eigenvalue weighted by Gasteiger charge is -2.40. The molecule has 110 valence electrons. The Bertz CT molecular complexity index is 726. The Morgan fingerprint density at radius 2 is 2.00 bits per heavy atom. The Balaban J connectivity index is 1.80. The minimum absolute atomic E-state index is 0.0912. The number of nitrogens with one attached hydrogen (secondary N) is 1. The number of aromatic nitrogens is 1. The predicted octanol–water partition coefficient (Wildman–Crippen LogP) is 3.80. The predicted molar refractivity (Wildman–Crippen MR) is 84.1 cm³/mol. The Kier molecular flexibility index (Phi) is 2.54. The van der Waals surface area contributed by atoms with Gasteiger partial charge in [0.15, 0.2) is 0 Å². The summed E-state index contributed by atoms with van der Waals surface area (Å²) in [6.07, 6.45) is 3.04. The van der Waals surface area contributed by atoms with Crippen molar-refractivity contribution in [1.29, 1.82) is 0 Å². The van der Waals surface area contributed by atoms with Crippen molar-refractivity contribution < 1.29 is 4.79 Å². The van der Waals surface area contributed by atoms with Gasteiger partial charge in [-0.1, -0.05) is 25.1 Å². The first-order valence-corrected chi connectivity index (χ1v) is 7.93. The van der Waals surface area contributed by atoms with Gasteiger partial charge in [-0.2, -0.15) is 0 Å². The van der Waals surface area contributed by atoms with Gasteiger partial charge in [0.1, 0.15) is 0 Å². The van der Waals surface area contributed by atoms with E-state index in [1.807, 2.05) is 0 Å². The van der Waals surface area contributed by atoms with Gasteiger partial charge in [0.05, 0.1) is 6.04 Å². The zero-order chi connectivity index (χ0) is 14.8. The van der Waals surface area contributed by atoms with Crippen LogP contribution in [0.2, 0.25) is 0 Å². The summed E-state index contributed by atoms with van der Waals surface area (Å²) in [5, 5.41) is 1.32. The minimum atomic E-state index is -0.0912. The first-order valence-electron chi connectivity index (χ1n) is 7.93. The number of nitrogens with zero attached hydrogens (tertiary/aromatic N) is 1. The highest BCUT2D eigenvalue weighted by Gasteiger charge is 2.50. The fourth-order valence-electron chi connectivity index (χ4n) is 3.80. The summed E-state index contributed by atoms with van der Waals surface area (Å²) in [4.78, 5) is 18.5. The van der Waals surface area contributed by atoms with E-state index in [-0.39, 0.29) is 17.5 Å². The van der Waals surface area contributed by atoms with E-state index in [2.05, 4.69) is 54.9 Å². The van der Waals surface area contributed by atoms with Gasteiger partial charge in [0, 0.05) is 28.1 Å². The maximum absolute atomic E-state index is 12.8. The fourth-order valence-corrected chi connectivity index (χ4v) is 3.80. The van der Waals surface area contributed by atoms with E-state index in [1.54, 1.807) is 0 Å². The van der Waals surface area contributed by atoms with Crippen molar-refractivity contribution in [3.05, 3.63) is 35.5 Å². The lowest BCUT2D eigenvalue weighted by molar-refractivity contribution is -0.141. The van der Waals surface area contributed by atoms with Crippen molar-refractivity contribution in [1.82, 2.24) is 9.88 Å². The van der Waals surface area contributed by atoms with Gasteiger partial charge >= 0.3 is 0 Å². The molecule has 1 aliphatic heterocycles. The molecule has 1 aromatic carbocycles. The van der Waals surface area contributed by atoms with Crippen LogP contribution in [0.5, 0.6) is 0 Å². The Morgan fingerprint density at radius 3 is 2.71 bits per heavy atom. The molecule has 3 heteroatoms. The van der Waals surface area contributed by atoms with Crippen LogP contribution in [-0.4, -0.2) is 21.8 Å². The first-order chi connectivity index (χ1) is 10.0. The molecule has 4 rings (SSSR count). The molecular formula is C18H22N2O. The number of hydrogen-bond acceptors (Lipinski definition) is 1. The lowest BCUT2D eigenvalue weighted by Crippen LogP contribution is -2.47. The van der Waals surface area contributed by atoms with E-state index in [4.69, 9.17) is 0 Å². The number of carbonyl (C=O) groups is 1. The number of H-pyrrole nitrogens is 1. The third-order valence-electron chi connectivity index (χ3n) is 5.41. The molecule has 0 saturated heterocycles. The Labute approximate surface area is 125 Å². The highest BCUT2D eigenvalue weighted by molar-refractivity contribution is 5.88. The number of hydrogen-bond donors (Lipinski definition) is 1. The summed E-state index contributed by atoms with van der Waals surface area (Å²) in [6.45, 7) is 6.45. The summed E-state index contributed by atoms with van der Waals surface area (Å²) in [5.41, 5.74) is 3.72. The molecular weight excluding hydrogens is 260 g/mol. The second kappa shape index (κ2) is 4.12. The maximum Gasteiger partial charge on any atom is 0.229 e. The second-order valence-electron chi connectivity index (χ2n) is 7.07. The second-order valence-corrected chi connectivity index (χ2v) is 7.07. The largest absolute Gasteiger partial charge is 0.356 e. The molecule has 2 atom stereocenters. The normalized spacial score (nSPS) is 26.7. The van der Waals surface area contributed by atoms with Crippen LogP contribution >= 0.6 is 0 Å². The van der Waals surface area contributed by atoms with E-state index >= 15 is 0 Å². The molecule has 2 aromatic rings. The summed E-state index contributed by atoms with van der Waals surface area (Å²) < 4.78 is 0. The molecule has 3 nitrogen and oxygen atoms in total. The number of benzene rings is 1. The third-order valence-corrected chi connectivity index (χ3v) is 5.41. The van der Waals surface area contributed by atoms with E-state index < -0.39 is 0 Å². The number of aromatic amines is 1. The van der Waals surface area contributed by atoms with Gasteiger partial charge in [0.2, 0.25) is 5.91 Å². The quantitative estimate of drug-likeness (QED) is 0.848. The number of fused-ring (bicyclic) bond motifs is 3. The molecule has 21 heavy (non-hydrogen) atoms. The summed E-state index contributed by atoms with van der Waals surface area (Å²) in [5.74, 6) is 0.340. The fraction of sp³-hybridized carbons (Fsp3) is 0.500. The molecule has 1 aliphatic carbocycles. The third kappa shape index (κ3) is 1.76. The Morgan fingerprint density at radius 1 is 1.29 bits per heavy atom. The summed E-state index contributed by atoms with van der Waals surface area (Å²) >= 11 is 0. The first kappa shape index (κ1) is 12.9. The average molecular weight is 282 g/mol. The van der Waals surface area contributed by atoms with Crippen LogP contribution < -0.4 is 0 Å². The van der Waals surface area contributed by atoms with Gasteiger partial charge in [-0.15, -0.1) is 0 Å². The lowest BCUT2D eigenvalue weighted by atomic mass is 9.91. The van der Waals surface area contributed by atoms with Gasteiger partial charge in [0.25, 0.3) is 0 Å². The molecule has 0 unspecified atom stereocenters. The smallest absolute Gasteiger partial charge is 0.229 e. The van der Waals surface area contributed by atoms with Crippen LogP contribution in [0, 0.1) is 5.41 Å². The monoisotopic (exact) mass is 282 g/mol. The highest BCUT2D eigenvalue weighted by Crippen LogP contribution is 2.49. The van der Waals surface area contributed by atoms with Crippen molar-refractivity contribution in [3.8, 4) is 0 Å². The maximum atomic E-state index is 12.8. The van der Waals surface area contributed by atoms with Crippen LogP contribution in [0.3, 0.4) is 0 Å². The van der Waals surface area contributed by atoms with Crippen molar-refractivity contribution in [2.24, 2.45) is 5.41 Å². The summed E-state index contributed by atoms with van der Waals surface area (Å²) in [7, 11) is 0. The molecule has 1 amide bonds. The number of rotatable bonds is 1. The van der Waals surface area contributed by atoms with Crippen LogP contribution in [0.4, 0.5) is 0 Å². The van der Waals surface area contributed by atoms with Crippen LogP contribution in [-0.2, 0) is 11.2 Å². The molecule has 2 heterocycles. The van der Waals surface area contributed by atoms with Crippen molar-refractivity contribution in [3.63, 3.8) is 0 Å². The van der Waals surface area contributed by atoms with Gasteiger partial charge in [-0.05, 0) is 44.7 Å². The molecule has 1 fully saturated rings. The van der Waals surface area contributed by atoms with Crippen LogP contribution in [0.1, 0.15) is 50.9 Å². The van der Waals surface area contributed by atoms with Crippen molar-refractivity contribution in [2.45, 2.75) is 52.1 Å². The number of para-hydroxylation sites is 1. The minimum Gasteiger partial charge on any atom is -0.356 e. The molecule has 0 spiro atoms. The average Bonchev–Trinajstić information content (AvgIpc) is 3.10.